The van der Waals surface area contributed by atoms with E-state index in [4.69, 9.17) is 0 Å². The van der Waals surface area contributed by atoms with Crippen LogP contribution < -0.4 is 0 Å². The molecule has 1 heterocycles. The number of Topliss-reactive ketones (excluding diaryl/α,β-unsaturated/α-hetero) is 1. The van der Waals surface area contributed by atoms with Crippen LogP contribution in [-0.2, 0) is 11.2 Å². The zero-order chi connectivity index (χ0) is 13.8. The predicted octanol–water partition coefficient (Wildman–Crippen LogP) is 3.71. The van der Waals surface area contributed by atoms with E-state index in [1.54, 1.807) is 0 Å². The van der Waals surface area contributed by atoms with E-state index < -0.39 is 0 Å². The molecule has 0 saturated heterocycles. The van der Waals surface area contributed by atoms with E-state index >= 15 is 0 Å². The summed E-state index contributed by atoms with van der Waals surface area (Å²) >= 11 is 0. The molecule has 0 amide bonds. The molecular weight excluding hydrogens is 236 g/mol. The molecule has 3 heteroatoms. The lowest BCUT2D eigenvalue weighted by Gasteiger charge is -2.16. The summed E-state index contributed by atoms with van der Waals surface area (Å²) in [5.74, 6) is 0.975. The summed E-state index contributed by atoms with van der Waals surface area (Å²) in [4.78, 5) is 12.2. The van der Waals surface area contributed by atoms with Gasteiger partial charge in [-0.15, -0.1) is 0 Å². The van der Waals surface area contributed by atoms with Gasteiger partial charge in [-0.1, -0.05) is 19.9 Å². The minimum Gasteiger partial charge on any atom is -0.294 e. The molecule has 104 valence electrons. The first kappa shape index (κ1) is 14.0. The summed E-state index contributed by atoms with van der Waals surface area (Å²) in [6, 6.07) is 2.37. The highest BCUT2D eigenvalue weighted by atomic mass is 16.1. The molecular formula is C16H24N2O. The first-order valence-electron chi connectivity index (χ1n) is 7.36. The van der Waals surface area contributed by atoms with Crippen molar-refractivity contribution in [1.29, 1.82) is 0 Å². The van der Waals surface area contributed by atoms with E-state index in [2.05, 4.69) is 31.9 Å². The van der Waals surface area contributed by atoms with Gasteiger partial charge in [-0.3, -0.25) is 9.48 Å². The van der Waals surface area contributed by atoms with Crippen LogP contribution in [0.3, 0.4) is 0 Å². The Bertz CT molecular complexity index is 473. The Labute approximate surface area is 115 Å². The molecule has 2 rings (SSSR count). The molecule has 19 heavy (non-hydrogen) atoms. The second kappa shape index (κ2) is 6.18. The topological polar surface area (TPSA) is 34.9 Å². The molecule has 0 bridgehead atoms. The first-order valence-corrected chi connectivity index (χ1v) is 7.36. The van der Waals surface area contributed by atoms with Crippen molar-refractivity contribution in [3.05, 3.63) is 29.6 Å². The van der Waals surface area contributed by atoms with E-state index in [-0.39, 0.29) is 5.78 Å². The van der Waals surface area contributed by atoms with Crippen LogP contribution in [-0.4, -0.2) is 15.6 Å². The number of carbonyl (C=O) groups excluding carboxylic acids is 1. The third kappa shape index (κ3) is 3.55. The normalized spacial score (nSPS) is 21.0. The maximum Gasteiger partial charge on any atom is 0.164 e. The van der Waals surface area contributed by atoms with Crippen molar-refractivity contribution >= 4 is 5.78 Å². The highest BCUT2D eigenvalue weighted by molar-refractivity contribution is 5.96. The van der Waals surface area contributed by atoms with Gasteiger partial charge in [0, 0.05) is 12.2 Å². The van der Waals surface area contributed by atoms with Crippen molar-refractivity contribution in [3.8, 4) is 0 Å². The zero-order valence-corrected chi connectivity index (χ0v) is 12.2. The quantitative estimate of drug-likeness (QED) is 0.809. The molecule has 0 aromatic carbocycles. The molecule has 0 aliphatic heterocycles. The number of rotatable bonds is 5. The second-order valence-electron chi connectivity index (χ2n) is 5.75. The summed E-state index contributed by atoms with van der Waals surface area (Å²) in [5, 5.41) is 4.50. The van der Waals surface area contributed by atoms with Gasteiger partial charge >= 0.3 is 0 Å². The summed E-state index contributed by atoms with van der Waals surface area (Å²) < 4.78 is 1.96. The van der Waals surface area contributed by atoms with E-state index in [0.717, 1.165) is 42.9 Å². The van der Waals surface area contributed by atoms with Gasteiger partial charge in [-0.2, -0.15) is 5.10 Å². The Morgan fingerprint density at radius 2 is 2.37 bits per heavy atom. The molecule has 0 N–H and O–H groups in total. The van der Waals surface area contributed by atoms with Crippen molar-refractivity contribution in [3.63, 3.8) is 0 Å². The standard InChI is InChI=1S/C16H24N2O/c1-4-13(3)18-10-9-15(17-18)11-16(19)14-7-5-12(2)6-8-14/h7,9-10,12-13H,4-6,8,11H2,1-3H3. The molecule has 1 aliphatic rings. The summed E-state index contributed by atoms with van der Waals surface area (Å²) in [6.07, 6.45) is 8.73. The number of carbonyl (C=O) groups is 1. The van der Waals surface area contributed by atoms with Crippen LogP contribution in [0.1, 0.15) is 58.2 Å². The lowest BCUT2D eigenvalue weighted by molar-refractivity contribution is -0.115. The number of hydrogen-bond acceptors (Lipinski definition) is 2. The average Bonchev–Trinajstić information content (AvgIpc) is 2.87. The molecule has 2 atom stereocenters. The van der Waals surface area contributed by atoms with Crippen molar-refractivity contribution < 1.29 is 4.79 Å². The summed E-state index contributed by atoms with van der Waals surface area (Å²) in [6.45, 7) is 6.53. The molecule has 0 radical (unpaired) electrons. The van der Waals surface area contributed by atoms with Crippen LogP contribution in [0.5, 0.6) is 0 Å². The fraction of sp³-hybridized carbons (Fsp3) is 0.625. The number of allylic oxidation sites excluding steroid dienone is 2. The van der Waals surface area contributed by atoms with Gasteiger partial charge in [-0.05, 0) is 50.2 Å². The fourth-order valence-electron chi connectivity index (χ4n) is 2.40. The van der Waals surface area contributed by atoms with Crippen molar-refractivity contribution in [2.45, 2.75) is 58.9 Å². The SMILES string of the molecule is CCC(C)n1ccc(CC(=O)C2=CCC(C)CC2)n1. The fourth-order valence-corrected chi connectivity index (χ4v) is 2.40. The molecule has 0 fully saturated rings. The van der Waals surface area contributed by atoms with Crippen molar-refractivity contribution in [1.82, 2.24) is 9.78 Å². The monoisotopic (exact) mass is 260 g/mol. The third-order valence-electron chi connectivity index (χ3n) is 4.08. The smallest absolute Gasteiger partial charge is 0.164 e. The van der Waals surface area contributed by atoms with E-state index in [9.17, 15) is 4.79 Å². The lowest BCUT2D eigenvalue weighted by atomic mass is 9.88. The van der Waals surface area contributed by atoms with E-state index in [1.165, 1.54) is 0 Å². The largest absolute Gasteiger partial charge is 0.294 e. The Morgan fingerprint density at radius 1 is 1.58 bits per heavy atom. The van der Waals surface area contributed by atoms with Crippen LogP contribution in [0, 0.1) is 5.92 Å². The van der Waals surface area contributed by atoms with Crippen LogP contribution >= 0.6 is 0 Å². The minimum absolute atomic E-state index is 0.251. The van der Waals surface area contributed by atoms with Gasteiger partial charge in [0.25, 0.3) is 0 Å². The highest BCUT2D eigenvalue weighted by Crippen LogP contribution is 2.24. The van der Waals surface area contributed by atoms with Gasteiger partial charge in [-0.25, -0.2) is 0 Å². The number of hydrogen-bond donors (Lipinski definition) is 0. The van der Waals surface area contributed by atoms with Gasteiger partial charge in [0.1, 0.15) is 0 Å². The van der Waals surface area contributed by atoms with Crippen molar-refractivity contribution in [2.24, 2.45) is 5.92 Å². The molecule has 1 aliphatic carbocycles. The Kier molecular flexibility index (Phi) is 4.56. The molecule has 0 saturated carbocycles. The number of ketones is 1. The van der Waals surface area contributed by atoms with Crippen LogP contribution in [0.4, 0.5) is 0 Å². The summed E-state index contributed by atoms with van der Waals surface area (Å²) in [5.41, 5.74) is 1.90. The Hall–Kier alpha value is -1.38. The third-order valence-corrected chi connectivity index (χ3v) is 4.08. The molecule has 3 nitrogen and oxygen atoms in total. The summed E-state index contributed by atoms with van der Waals surface area (Å²) in [7, 11) is 0. The maximum absolute atomic E-state index is 12.2. The van der Waals surface area contributed by atoms with Gasteiger partial charge in [0.15, 0.2) is 5.78 Å². The first-order chi connectivity index (χ1) is 9.10. The van der Waals surface area contributed by atoms with Crippen molar-refractivity contribution in [2.75, 3.05) is 0 Å². The molecule has 0 spiro atoms. The van der Waals surface area contributed by atoms with E-state index in [0.29, 0.717) is 12.5 Å². The van der Waals surface area contributed by atoms with Crippen LogP contribution in [0.25, 0.3) is 0 Å². The minimum atomic E-state index is 0.251. The maximum atomic E-state index is 12.2. The van der Waals surface area contributed by atoms with Gasteiger partial charge in [0.05, 0.1) is 12.1 Å². The van der Waals surface area contributed by atoms with Gasteiger partial charge in [0.2, 0.25) is 0 Å². The highest BCUT2D eigenvalue weighted by Gasteiger charge is 2.17. The lowest BCUT2D eigenvalue weighted by Crippen LogP contribution is -2.13. The predicted molar refractivity (Wildman–Crippen MR) is 77.0 cm³/mol. The van der Waals surface area contributed by atoms with E-state index in [1.807, 2.05) is 16.9 Å². The molecule has 1 aromatic rings. The second-order valence-corrected chi connectivity index (χ2v) is 5.75. The van der Waals surface area contributed by atoms with Crippen LogP contribution in [0.15, 0.2) is 23.9 Å². The van der Waals surface area contributed by atoms with Gasteiger partial charge < -0.3 is 0 Å². The Morgan fingerprint density at radius 3 is 3.00 bits per heavy atom. The number of nitrogens with zero attached hydrogens (tertiary/aromatic N) is 2. The average molecular weight is 260 g/mol. The molecule has 1 aromatic heterocycles. The Balaban J connectivity index is 1.97. The zero-order valence-electron chi connectivity index (χ0n) is 12.2. The number of aromatic nitrogens is 2. The molecule has 2 unspecified atom stereocenters. The van der Waals surface area contributed by atoms with Crippen LogP contribution in [0.2, 0.25) is 0 Å².